The van der Waals surface area contributed by atoms with Gasteiger partial charge in [-0.2, -0.15) is 0 Å². The molecule has 0 radical (unpaired) electrons. The van der Waals surface area contributed by atoms with E-state index in [-0.39, 0.29) is 23.3 Å². The summed E-state index contributed by atoms with van der Waals surface area (Å²) in [5, 5.41) is 0. The minimum atomic E-state index is -0.179. The summed E-state index contributed by atoms with van der Waals surface area (Å²) < 4.78 is 11.7. The van der Waals surface area contributed by atoms with Gasteiger partial charge in [-0.1, -0.05) is 0 Å². The molecule has 2 heterocycles. The predicted octanol–water partition coefficient (Wildman–Crippen LogP) is 2.56. The highest BCUT2D eigenvalue weighted by Crippen LogP contribution is 2.34. The van der Waals surface area contributed by atoms with Crippen molar-refractivity contribution in [2.45, 2.75) is 57.9 Å². The number of morpholine rings is 1. The van der Waals surface area contributed by atoms with Crippen LogP contribution in [0.1, 0.15) is 46.4 Å². The Kier molecular flexibility index (Phi) is 3.78. The average molecular weight is 266 g/mol. The standard InChI is InChI=1S/C15H26N2O2/c1-11(16)13(12-7-6-8-18-12)17-9-14(2,3)19-15(4,5)10-17/h6-8,11,13H,9-10,16H2,1-5H3. The molecule has 1 aromatic heterocycles. The third-order valence-electron chi connectivity index (χ3n) is 3.45. The summed E-state index contributed by atoms with van der Waals surface area (Å²) in [7, 11) is 0. The van der Waals surface area contributed by atoms with Crippen LogP contribution in [0.5, 0.6) is 0 Å². The highest BCUT2D eigenvalue weighted by Gasteiger charge is 2.42. The third-order valence-corrected chi connectivity index (χ3v) is 3.45. The first-order valence-electron chi connectivity index (χ1n) is 6.93. The third kappa shape index (κ3) is 3.38. The van der Waals surface area contributed by atoms with Gasteiger partial charge in [0.25, 0.3) is 0 Å². The van der Waals surface area contributed by atoms with Crippen molar-refractivity contribution in [2.75, 3.05) is 13.1 Å². The lowest BCUT2D eigenvalue weighted by Gasteiger charge is -2.50. The maximum atomic E-state index is 6.19. The molecule has 0 spiro atoms. The Morgan fingerprint density at radius 1 is 1.21 bits per heavy atom. The molecule has 19 heavy (non-hydrogen) atoms. The number of rotatable bonds is 3. The smallest absolute Gasteiger partial charge is 0.122 e. The van der Waals surface area contributed by atoms with Crippen molar-refractivity contribution in [1.82, 2.24) is 4.90 Å². The second-order valence-corrected chi connectivity index (χ2v) is 6.85. The molecule has 0 aliphatic carbocycles. The lowest BCUT2D eigenvalue weighted by Crippen LogP contribution is -2.59. The van der Waals surface area contributed by atoms with Crippen molar-refractivity contribution < 1.29 is 9.15 Å². The quantitative estimate of drug-likeness (QED) is 0.913. The van der Waals surface area contributed by atoms with Crippen molar-refractivity contribution in [3.05, 3.63) is 24.2 Å². The van der Waals surface area contributed by atoms with Crippen LogP contribution in [0.3, 0.4) is 0 Å². The van der Waals surface area contributed by atoms with E-state index in [4.69, 9.17) is 14.9 Å². The number of nitrogens with two attached hydrogens (primary N) is 1. The van der Waals surface area contributed by atoms with Crippen LogP contribution in [0.15, 0.2) is 22.8 Å². The summed E-state index contributed by atoms with van der Waals surface area (Å²) in [5.41, 5.74) is 5.84. The molecule has 4 heteroatoms. The highest BCUT2D eigenvalue weighted by atomic mass is 16.5. The Labute approximate surface area is 115 Å². The molecular weight excluding hydrogens is 240 g/mol. The Bertz CT molecular complexity index is 394. The molecule has 1 saturated heterocycles. The van der Waals surface area contributed by atoms with E-state index < -0.39 is 0 Å². The van der Waals surface area contributed by atoms with Gasteiger partial charge in [0.1, 0.15) is 5.76 Å². The molecule has 0 saturated carbocycles. The summed E-state index contributed by atoms with van der Waals surface area (Å²) in [4.78, 5) is 2.38. The first-order chi connectivity index (χ1) is 8.70. The zero-order valence-corrected chi connectivity index (χ0v) is 12.6. The molecule has 2 unspecified atom stereocenters. The molecule has 2 atom stereocenters. The van der Waals surface area contributed by atoms with Crippen LogP contribution in [0.4, 0.5) is 0 Å². The molecule has 108 valence electrons. The summed E-state index contributed by atoms with van der Waals surface area (Å²) in [5.74, 6) is 0.934. The second-order valence-electron chi connectivity index (χ2n) is 6.85. The van der Waals surface area contributed by atoms with Crippen molar-refractivity contribution >= 4 is 0 Å². The fourth-order valence-electron chi connectivity index (χ4n) is 3.27. The van der Waals surface area contributed by atoms with Gasteiger partial charge >= 0.3 is 0 Å². The summed E-state index contributed by atoms with van der Waals surface area (Å²) in [6.07, 6.45) is 1.71. The van der Waals surface area contributed by atoms with E-state index in [1.165, 1.54) is 0 Å². The maximum Gasteiger partial charge on any atom is 0.122 e. The second kappa shape index (κ2) is 4.93. The SMILES string of the molecule is CC(N)C(c1ccco1)N1CC(C)(C)OC(C)(C)C1. The fraction of sp³-hybridized carbons (Fsp3) is 0.733. The van der Waals surface area contributed by atoms with E-state index in [9.17, 15) is 0 Å². The van der Waals surface area contributed by atoms with Crippen LogP contribution < -0.4 is 5.73 Å². The zero-order valence-electron chi connectivity index (χ0n) is 12.6. The Balaban J connectivity index is 2.27. The first kappa shape index (κ1) is 14.6. The lowest BCUT2D eigenvalue weighted by molar-refractivity contribution is -0.190. The van der Waals surface area contributed by atoms with E-state index in [1.54, 1.807) is 6.26 Å². The number of nitrogens with zero attached hydrogens (tertiary/aromatic N) is 1. The molecule has 1 fully saturated rings. The van der Waals surface area contributed by atoms with Gasteiger partial charge in [0.2, 0.25) is 0 Å². The van der Waals surface area contributed by atoms with Crippen molar-refractivity contribution in [3.8, 4) is 0 Å². The monoisotopic (exact) mass is 266 g/mol. The fourth-order valence-corrected chi connectivity index (χ4v) is 3.27. The van der Waals surface area contributed by atoms with Crippen LogP contribution in [-0.4, -0.2) is 35.2 Å². The lowest BCUT2D eigenvalue weighted by atomic mass is 9.95. The Morgan fingerprint density at radius 3 is 2.21 bits per heavy atom. The Morgan fingerprint density at radius 2 is 1.79 bits per heavy atom. The number of furan rings is 1. The zero-order chi connectivity index (χ0) is 14.3. The molecule has 0 aromatic carbocycles. The van der Waals surface area contributed by atoms with E-state index in [1.807, 2.05) is 19.1 Å². The van der Waals surface area contributed by atoms with Gasteiger partial charge in [0.05, 0.1) is 23.5 Å². The maximum absolute atomic E-state index is 6.19. The molecule has 1 aliphatic rings. The van der Waals surface area contributed by atoms with Crippen LogP contribution in [0.2, 0.25) is 0 Å². The van der Waals surface area contributed by atoms with Crippen molar-refractivity contribution in [3.63, 3.8) is 0 Å². The predicted molar refractivity (Wildman–Crippen MR) is 75.9 cm³/mol. The molecule has 1 aliphatic heterocycles. The van der Waals surface area contributed by atoms with E-state index in [0.717, 1.165) is 18.8 Å². The first-order valence-corrected chi connectivity index (χ1v) is 6.93. The summed E-state index contributed by atoms with van der Waals surface area (Å²) in [6.45, 7) is 12.2. The number of hydrogen-bond donors (Lipinski definition) is 1. The molecule has 0 amide bonds. The molecule has 2 N–H and O–H groups in total. The van der Waals surface area contributed by atoms with Crippen molar-refractivity contribution in [1.29, 1.82) is 0 Å². The minimum Gasteiger partial charge on any atom is -0.468 e. The van der Waals surface area contributed by atoms with E-state index in [2.05, 4.69) is 32.6 Å². The summed E-state index contributed by atoms with van der Waals surface area (Å²) in [6, 6.07) is 4.03. The van der Waals surface area contributed by atoms with Crippen LogP contribution in [-0.2, 0) is 4.74 Å². The summed E-state index contributed by atoms with van der Waals surface area (Å²) >= 11 is 0. The molecular formula is C15H26N2O2. The topological polar surface area (TPSA) is 51.6 Å². The number of hydrogen-bond acceptors (Lipinski definition) is 4. The van der Waals surface area contributed by atoms with Gasteiger partial charge in [-0.15, -0.1) is 0 Å². The van der Waals surface area contributed by atoms with Crippen LogP contribution in [0, 0.1) is 0 Å². The minimum absolute atomic E-state index is 0.0100. The average Bonchev–Trinajstić information content (AvgIpc) is 2.64. The van der Waals surface area contributed by atoms with Crippen LogP contribution >= 0.6 is 0 Å². The molecule has 4 nitrogen and oxygen atoms in total. The normalized spacial score (nSPS) is 26.0. The molecule has 1 aromatic rings. The van der Waals surface area contributed by atoms with Gasteiger partial charge in [0.15, 0.2) is 0 Å². The van der Waals surface area contributed by atoms with Gasteiger partial charge in [-0.3, -0.25) is 4.90 Å². The molecule has 0 bridgehead atoms. The van der Waals surface area contributed by atoms with Gasteiger partial charge in [-0.25, -0.2) is 0 Å². The van der Waals surface area contributed by atoms with Gasteiger partial charge in [0, 0.05) is 19.1 Å². The van der Waals surface area contributed by atoms with E-state index >= 15 is 0 Å². The van der Waals surface area contributed by atoms with E-state index in [0.29, 0.717) is 0 Å². The Hall–Kier alpha value is -0.840. The highest BCUT2D eigenvalue weighted by molar-refractivity contribution is 5.09. The van der Waals surface area contributed by atoms with Crippen molar-refractivity contribution in [2.24, 2.45) is 5.73 Å². The largest absolute Gasteiger partial charge is 0.468 e. The molecule has 2 rings (SSSR count). The number of ether oxygens (including phenoxy) is 1. The van der Waals surface area contributed by atoms with Crippen LogP contribution in [0.25, 0.3) is 0 Å². The van der Waals surface area contributed by atoms with Gasteiger partial charge in [-0.05, 0) is 46.8 Å². The van der Waals surface area contributed by atoms with Gasteiger partial charge < -0.3 is 14.9 Å².